The highest BCUT2D eigenvalue weighted by Gasteiger charge is 2.14. The van der Waals surface area contributed by atoms with E-state index in [0.717, 1.165) is 23.3 Å². The van der Waals surface area contributed by atoms with Gasteiger partial charge in [-0.25, -0.2) is 0 Å². The van der Waals surface area contributed by atoms with Crippen molar-refractivity contribution in [1.29, 1.82) is 5.26 Å². The van der Waals surface area contributed by atoms with E-state index in [1.54, 1.807) is 7.11 Å². The van der Waals surface area contributed by atoms with Gasteiger partial charge in [0.05, 0.1) is 13.2 Å². The minimum absolute atomic E-state index is 0.185. The lowest BCUT2D eigenvalue weighted by Gasteiger charge is -2.10. The van der Waals surface area contributed by atoms with Crippen molar-refractivity contribution in [3.63, 3.8) is 0 Å². The summed E-state index contributed by atoms with van der Waals surface area (Å²) < 4.78 is 5.20. The summed E-state index contributed by atoms with van der Waals surface area (Å²) in [4.78, 5) is 11.6. The minimum Gasteiger partial charge on any atom is -0.496 e. The van der Waals surface area contributed by atoms with Crippen molar-refractivity contribution in [2.45, 2.75) is 26.7 Å². The summed E-state index contributed by atoms with van der Waals surface area (Å²) in [5, 5.41) is 11.6. The maximum absolute atomic E-state index is 11.6. The Morgan fingerprint density at radius 1 is 1.53 bits per heavy atom. The van der Waals surface area contributed by atoms with Crippen molar-refractivity contribution >= 4 is 5.91 Å². The van der Waals surface area contributed by atoms with Gasteiger partial charge in [0.2, 0.25) is 5.91 Å². The number of ether oxygens (including phenoxy) is 1. The molecule has 0 aliphatic carbocycles. The Hall–Kier alpha value is -2.02. The van der Waals surface area contributed by atoms with Gasteiger partial charge in [0.15, 0.2) is 0 Å². The Kier molecular flexibility index (Phi) is 5.87. The van der Waals surface area contributed by atoms with Crippen molar-refractivity contribution < 1.29 is 9.53 Å². The molecule has 1 atom stereocenters. The molecular weight excluding hydrogens is 240 g/mol. The van der Waals surface area contributed by atoms with Crippen LogP contribution in [0.15, 0.2) is 18.2 Å². The first-order valence-corrected chi connectivity index (χ1v) is 6.43. The number of rotatable bonds is 6. The summed E-state index contributed by atoms with van der Waals surface area (Å²) in [6, 6.07) is 7.96. The standard InChI is InChI=1S/C15H20N2O2/c1-4-13(10-16)15(18)17-8-7-12-5-6-14(19-3)11(2)9-12/h5-6,9,13H,4,7-8H2,1-3H3,(H,17,18). The van der Waals surface area contributed by atoms with Gasteiger partial charge in [-0.05, 0) is 37.0 Å². The van der Waals surface area contributed by atoms with Crippen molar-refractivity contribution in [3.8, 4) is 11.8 Å². The van der Waals surface area contributed by atoms with Crippen LogP contribution in [0, 0.1) is 24.2 Å². The number of amides is 1. The first-order valence-electron chi connectivity index (χ1n) is 6.43. The van der Waals surface area contributed by atoms with E-state index in [2.05, 4.69) is 5.32 Å². The van der Waals surface area contributed by atoms with Gasteiger partial charge >= 0.3 is 0 Å². The molecule has 0 fully saturated rings. The fourth-order valence-corrected chi connectivity index (χ4v) is 1.88. The molecule has 1 aromatic rings. The van der Waals surface area contributed by atoms with E-state index in [9.17, 15) is 4.79 Å². The Morgan fingerprint density at radius 3 is 2.79 bits per heavy atom. The van der Waals surface area contributed by atoms with E-state index < -0.39 is 5.92 Å². The topological polar surface area (TPSA) is 62.1 Å². The Bertz CT molecular complexity index is 478. The summed E-state index contributed by atoms with van der Waals surface area (Å²) in [6.07, 6.45) is 1.29. The van der Waals surface area contributed by atoms with E-state index in [0.29, 0.717) is 13.0 Å². The highest BCUT2D eigenvalue weighted by Crippen LogP contribution is 2.18. The Morgan fingerprint density at radius 2 is 2.26 bits per heavy atom. The number of aryl methyl sites for hydroxylation is 1. The number of hydrogen-bond donors (Lipinski definition) is 1. The Balaban J connectivity index is 2.48. The van der Waals surface area contributed by atoms with Crippen LogP contribution in [0.1, 0.15) is 24.5 Å². The third-order valence-electron chi connectivity index (χ3n) is 3.05. The average Bonchev–Trinajstić information content (AvgIpc) is 2.40. The van der Waals surface area contributed by atoms with Gasteiger partial charge < -0.3 is 10.1 Å². The molecule has 0 spiro atoms. The zero-order valence-corrected chi connectivity index (χ0v) is 11.7. The number of benzene rings is 1. The van der Waals surface area contributed by atoms with Crippen molar-refractivity contribution in [1.82, 2.24) is 5.32 Å². The van der Waals surface area contributed by atoms with E-state index in [1.807, 2.05) is 38.1 Å². The molecule has 19 heavy (non-hydrogen) atoms. The molecule has 102 valence electrons. The first kappa shape index (κ1) is 15.0. The molecule has 0 saturated heterocycles. The van der Waals surface area contributed by atoms with Crippen LogP contribution < -0.4 is 10.1 Å². The van der Waals surface area contributed by atoms with E-state index in [-0.39, 0.29) is 5.91 Å². The normalized spacial score (nSPS) is 11.5. The lowest BCUT2D eigenvalue weighted by Crippen LogP contribution is -2.31. The molecule has 0 radical (unpaired) electrons. The van der Waals surface area contributed by atoms with Gasteiger partial charge in [0.25, 0.3) is 0 Å². The van der Waals surface area contributed by atoms with Gasteiger partial charge in [0, 0.05) is 6.54 Å². The summed E-state index contributed by atoms with van der Waals surface area (Å²) in [7, 11) is 1.65. The highest BCUT2D eigenvalue weighted by atomic mass is 16.5. The lowest BCUT2D eigenvalue weighted by atomic mass is 10.1. The van der Waals surface area contributed by atoms with E-state index in [1.165, 1.54) is 0 Å². The van der Waals surface area contributed by atoms with E-state index >= 15 is 0 Å². The number of hydrogen-bond acceptors (Lipinski definition) is 3. The third kappa shape index (κ3) is 4.29. The van der Waals surface area contributed by atoms with Gasteiger partial charge in [-0.2, -0.15) is 5.26 Å². The van der Waals surface area contributed by atoms with Crippen LogP contribution in [0.5, 0.6) is 5.75 Å². The van der Waals surface area contributed by atoms with Crippen LogP contribution in [0.4, 0.5) is 0 Å². The summed E-state index contributed by atoms with van der Waals surface area (Å²) in [5.41, 5.74) is 2.22. The zero-order valence-electron chi connectivity index (χ0n) is 11.7. The molecule has 1 unspecified atom stereocenters. The second kappa shape index (κ2) is 7.42. The van der Waals surface area contributed by atoms with Crippen molar-refractivity contribution in [2.75, 3.05) is 13.7 Å². The number of nitriles is 1. The molecule has 0 heterocycles. The molecule has 0 aromatic heterocycles. The zero-order chi connectivity index (χ0) is 14.3. The van der Waals surface area contributed by atoms with Crippen LogP contribution >= 0.6 is 0 Å². The fraction of sp³-hybridized carbons (Fsp3) is 0.467. The van der Waals surface area contributed by atoms with Crippen molar-refractivity contribution in [3.05, 3.63) is 29.3 Å². The molecule has 0 saturated carbocycles. The first-order chi connectivity index (χ1) is 9.12. The maximum atomic E-state index is 11.6. The predicted molar refractivity (Wildman–Crippen MR) is 73.8 cm³/mol. The molecule has 4 nitrogen and oxygen atoms in total. The van der Waals surface area contributed by atoms with Crippen LogP contribution in [-0.2, 0) is 11.2 Å². The number of nitrogens with zero attached hydrogens (tertiary/aromatic N) is 1. The van der Waals surface area contributed by atoms with Crippen LogP contribution in [-0.4, -0.2) is 19.6 Å². The second-order valence-electron chi connectivity index (χ2n) is 4.43. The van der Waals surface area contributed by atoms with Gasteiger partial charge in [-0.15, -0.1) is 0 Å². The van der Waals surface area contributed by atoms with Gasteiger partial charge in [-0.1, -0.05) is 19.1 Å². The smallest absolute Gasteiger partial charge is 0.237 e. The minimum atomic E-state index is -0.544. The number of methoxy groups -OCH3 is 1. The largest absolute Gasteiger partial charge is 0.496 e. The van der Waals surface area contributed by atoms with Gasteiger partial charge in [-0.3, -0.25) is 4.79 Å². The van der Waals surface area contributed by atoms with Gasteiger partial charge in [0.1, 0.15) is 11.7 Å². The molecule has 1 N–H and O–H groups in total. The molecule has 0 aliphatic rings. The quantitative estimate of drug-likeness (QED) is 0.853. The van der Waals surface area contributed by atoms with Crippen molar-refractivity contribution in [2.24, 2.45) is 5.92 Å². The Labute approximate surface area is 114 Å². The molecule has 4 heteroatoms. The number of carbonyl (C=O) groups excluding carboxylic acids is 1. The van der Waals surface area contributed by atoms with Crippen LogP contribution in [0.2, 0.25) is 0 Å². The molecular formula is C15H20N2O2. The fourth-order valence-electron chi connectivity index (χ4n) is 1.88. The SMILES string of the molecule is CCC(C#N)C(=O)NCCc1ccc(OC)c(C)c1. The lowest BCUT2D eigenvalue weighted by molar-refractivity contribution is -0.123. The molecule has 0 bridgehead atoms. The molecule has 1 aromatic carbocycles. The summed E-state index contributed by atoms with van der Waals surface area (Å²) in [6.45, 7) is 4.37. The summed E-state index contributed by atoms with van der Waals surface area (Å²) in [5.74, 6) is 0.135. The monoisotopic (exact) mass is 260 g/mol. The predicted octanol–water partition coefficient (Wildman–Crippen LogP) is 2.21. The van der Waals surface area contributed by atoms with Crippen LogP contribution in [0.3, 0.4) is 0 Å². The highest BCUT2D eigenvalue weighted by molar-refractivity contribution is 5.80. The maximum Gasteiger partial charge on any atom is 0.237 e. The summed E-state index contributed by atoms with van der Waals surface area (Å²) >= 11 is 0. The molecule has 1 rings (SSSR count). The average molecular weight is 260 g/mol. The van der Waals surface area contributed by atoms with Crippen LogP contribution in [0.25, 0.3) is 0 Å². The second-order valence-corrected chi connectivity index (χ2v) is 4.43. The number of carbonyl (C=O) groups is 1. The molecule has 1 amide bonds. The number of nitrogens with one attached hydrogen (secondary N) is 1. The van der Waals surface area contributed by atoms with E-state index in [4.69, 9.17) is 10.00 Å². The molecule has 0 aliphatic heterocycles. The third-order valence-corrected chi connectivity index (χ3v) is 3.05.